The first-order valence-electron chi connectivity index (χ1n) is 11.4. The highest BCUT2D eigenvalue weighted by atomic mass is 32.2. The van der Waals surface area contributed by atoms with Gasteiger partial charge in [-0.25, -0.2) is 30.2 Å². The van der Waals surface area contributed by atoms with Crippen molar-refractivity contribution in [3.05, 3.63) is 95.6 Å². The Labute approximate surface area is 216 Å². The molecule has 1 aliphatic heterocycles. The molecule has 1 fully saturated rings. The maximum Gasteiger partial charge on any atom is 0.348 e. The molecule has 37 heavy (non-hydrogen) atoms. The first kappa shape index (κ1) is 26.4. The van der Waals surface area contributed by atoms with Crippen LogP contribution in [0.5, 0.6) is 0 Å². The summed E-state index contributed by atoms with van der Waals surface area (Å²) >= 11 is 0. The van der Waals surface area contributed by atoms with E-state index in [-0.39, 0.29) is 9.79 Å². The van der Waals surface area contributed by atoms with Gasteiger partial charge in [-0.1, -0.05) is 65.7 Å². The van der Waals surface area contributed by atoms with Crippen LogP contribution < -0.4 is 0 Å². The minimum absolute atomic E-state index is 0.182. The van der Waals surface area contributed by atoms with Crippen molar-refractivity contribution in [3.8, 4) is 0 Å². The zero-order valence-electron chi connectivity index (χ0n) is 20.4. The number of rotatable bonds is 7. The smallest absolute Gasteiger partial charge is 0.348 e. The molecule has 0 spiro atoms. The van der Waals surface area contributed by atoms with Crippen molar-refractivity contribution < 1.29 is 31.2 Å². The van der Waals surface area contributed by atoms with Crippen LogP contribution in [0.25, 0.3) is 0 Å². The Morgan fingerprint density at radius 3 is 1.68 bits per heavy atom. The lowest BCUT2D eigenvalue weighted by molar-refractivity contribution is -0.141. The molecule has 0 saturated carbocycles. The molecule has 9 nitrogen and oxygen atoms in total. The van der Waals surface area contributed by atoms with Gasteiger partial charge < -0.3 is 4.74 Å². The highest BCUT2D eigenvalue weighted by Crippen LogP contribution is 2.43. The number of hydrogen-bond donors (Lipinski definition) is 0. The highest BCUT2D eigenvalue weighted by Gasteiger charge is 2.57. The number of benzene rings is 3. The Morgan fingerprint density at radius 2 is 1.22 bits per heavy atom. The van der Waals surface area contributed by atoms with Gasteiger partial charge >= 0.3 is 12.0 Å². The summed E-state index contributed by atoms with van der Waals surface area (Å²) in [6, 6.07) is 15.8. The largest absolute Gasteiger partial charge is 0.469 e. The molecule has 1 saturated heterocycles. The fraction of sp³-hybridized carbons (Fsp3) is 0.231. The average molecular weight is 543 g/mol. The highest BCUT2D eigenvalue weighted by molar-refractivity contribution is 7.91. The van der Waals surface area contributed by atoms with Gasteiger partial charge in [-0.3, -0.25) is 4.79 Å². The number of amides is 2. The van der Waals surface area contributed by atoms with Crippen molar-refractivity contribution >= 4 is 32.0 Å². The third-order valence-corrected chi connectivity index (χ3v) is 9.78. The van der Waals surface area contributed by atoms with Gasteiger partial charge in [0.05, 0.1) is 35.4 Å². The van der Waals surface area contributed by atoms with E-state index in [0.717, 1.165) is 18.2 Å². The Hall–Kier alpha value is -3.70. The zero-order chi connectivity index (χ0) is 27.0. The van der Waals surface area contributed by atoms with Gasteiger partial charge in [0.15, 0.2) is 0 Å². The van der Waals surface area contributed by atoms with Crippen LogP contribution in [0, 0.1) is 13.8 Å². The first-order chi connectivity index (χ1) is 17.5. The fourth-order valence-electron chi connectivity index (χ4n) is 4.28. The number of methoxy groups -OCH3 is 1. The van der Waals surface area contributed by atoms with Crippen LogP contribution in [-0.2, 0) is 29.6 Å². The van der Waals surface area contributed by atoms with E-state index >= 15 is 0 Å². The second kappa shape index (κ2) is 9.98. The summed E-state index contributed by atoms with van der Waals surface area (Å²) in [5.41, 5.74) is 1.95. The van der Waals surface area contributed by atoms with Crippen LogP contribution in [-0.4, -0.2) is 50.6 Å². The number of aryl methyl sites for hydroxylation is 2. The summed E-state index contributed by atoms with van der Waals surface area (Å²) in [6.45, 7) is 3.56. The third kappa shape index (κ3) is 4.84. The minimum atomic E-state index is -4.56. The van der Waals surface area contributed by atoms with E-state index in [0.29, 0.717) is 14.2 Å². The van der Waals surface area contributed by atoms with E-state index in [1.165, 1.54) is 24.3 Å². The number of hydrogen-bond acceptors (Lipinski definition) is 7. The lowest BCUT2D eigenvalue weighted by atomic mass is 9.98. The number of carbonyl (C=O) groups excluding carboxylic acids is 2. The van der Waals surface area contributed by atoms with Gasteiger partial charge in [0, 0.05) is 0 Å². The van der Waals surface area contributed by atoms with E-state index in [2.05, 4.69) is 0 Å². The van der Waals surface area contributed by atoms with Gasteiger partial charge in [-0.05, 0) is 43.7 Å². The molecule has 1 heterocycles. The zero-order valence-corrected chi connectivity index (χ0v) is 22.1. The van der Waals surface area contributed by atoms with Crippen molar-refractivity contribution in [2.24, 2.45) is 0 Å². The van der Waals surface area contributed by atoms with Crippen molar-refractivity contribution in [2.75, 3.05) is 7.11 Å². The first-order valence-corrected chi connectivity index (χ1v) is 14.2. The second-order valence-electron chi connectivity index (χ2n) is 8.71. The average Bonchev–Trinajstić information content (AvgIpc) is 3.17. The summed E-state index contributed by atoms with van der Waals surface area (Å²) in [6.07, 6.45) is -0.549. The van der Waals surface area contributed by atoms with E-state index in [1.807, 2.05) is 0 Å². The standard InChI is InChI=1S/C26H26N2O7S2/c1-18-9-13-21(14-10-18)36(31,32)27-23(17-24(29)35-3)25(20-7-5-4-6-8-20)28(26(27)30)37(33,34)22-15-11-19(2)12-16-22/h4-16,23,25H,17H2,1-3H3/t23-,25-/m1/s1. The number of nitrogens with zero attached hydrogens (tertiary/aromatic N) is 2. The fourth-order valence-corrected chi connectivity index (χ4v) is 7.44. The summed E-state index contributed by atoms with van der Waals surface area (Å²) < 4.78 is 61.2. The van der Waals surface area contributed by atoms with Crippen molar-refractivity contribution in [1.82, 2.24) is 8.61 Å². The molecule has 1 aliphatic rings. The van der Waals surface area contributed by atoms with Gasteiger partial charge in [0.2, 0.25) is 0 Å². The lowest BCUT2D eigenvalue weighted by Crippen LogP contribution is -2.41. The lowest BCUT2D eigenvalue weighted by Gasteiger charge is -2.27. The molecule has 0 aliphatic carbocycles. The Morgan fingerprint density at radius 1 is 0.757 bits per heavy atom. The van der Waals surface area contributed by atoms with Gasteiger partial charge in [-0.15, -0.1) is 0 Å². The number of ether oxygens (including phenoxy) is 1. The van der Waals surface area contributed by atoms with Crippen LogP contribution in [0.3, 0.4) is 0 Å². The molecule has 0 N–H and O–H groups in total. The van der Waals surface area contributed by atoms with Crippen LogP contribution in [0.1, 0.15) is 29.2 Å². The number of carbonyl (C=O) groups is 2. The van der Waals surface area contributed by atoms with E-state index < -0.39 is 50.6 Å². The number of urea groups is 1. The predicted molar refractivity (Wildman–Crippen MR) is 135 cm³/mol. The van der Waals surface area contributed by atoms with Gasteiger partial charge in [0.25, 0.3) is 20.0 Å². The molecule has 0 unspecified atom stereocenters. The van der Waals surface area contributed by atoms with Gasteiger partial charge in [-0.2, -0.15) is 0 Å². The summed E-state index contributed by atoms with van der Waals surface area (Å²) in [5, 5.41) is 0. The van der Waals surface area contributed by atoms with Crippen LogP contribution >= 0.6 is 0 Å². The molecule has 2 atom stereocenters. The van der Waals surface area contributed by atoms with Crippen molar-refractivity contribution in [1.29, 1.82) is 0 Å². The van der Waals surface area contributed by atoms with Crippen molar-refractivity contribution in [3.63, 3.8) is 0 Å². The molecule has 11 heteroatoms. The minimum Gasteiger partial charge on any atom is -0.469 e. The van der Waals surface area contributed by atoms with Crippen LogP contribution in [0.4, 0.5) is 4.79 Å². The SMILES string of the molecule is COC(=O)C[C@@H]1[C@@H](c2ccccc2)N(S(=O)(=O)c2ccc(C)cc2)C(=O)N1S(=O)(=O)c1ccc(C)cc1. The van der Waals surface area contributed by atoms with Crippen molar-refractivity contribution in [2.45, 2.75) is 42.1 Å². The Balaban J connectivity index is 1.96. The van der Waals surface area contributed by atoms with Crippen LogP contribution in [0.15, 0.2) is 88.7 Å². The summed E-state index contributed by atoms with van der Waals surface area (Å²) in [5.74, 6) is -0.794. The molecule has 0 bridgehead atoms. The quantitative estimate of drug-likeness (QED) is 0.417. The molecule has 3 aromatic rings. The second-order valence-corrected chi connectivity index (χ2v) is 12.3. The summed E-state index contributed by atoms with van der Waals surface area (Å²) in [4.78, 5) is 25.9. The summed E-state index contributed by atoms with van der Waals surface area (Å²) in [7, 11) is -7.96. The van der Waals surface area contributed by atoms with Gasteiger partial charge in [0.1, 0.15) is 0 Å². The maximum absolute atomic E-state index is 13.9. The molecule has 0 radical (unpaired) electrons. The third-order valence-electron chi connectivity index (χ3n) is 6.20. The molecular weight excluding hydrogens is 516 g/mol. The number of esters is 1. The molecule has 194 valence electrons. The van der Waals surface area contributed by atoms with E-state index in [9.17, 15) is 26.4 Å². The molecule has 2 amide bonds. The Bertz CT molecular complexity index is 1520. The number of sulfonamides is 2. The monoisotopic (exact) mass is 542 g/mol. The van der Waals surface area contributed by atoms with Crippen LogP contribution in [0.2, 0.25) is 0 Å². The molecular formula is C26H26N2O7S2. The molecule has 4 rings (SSSR count). The normalized spacial score (nSPS) is 18.2. The topological polar surface area (TPSA) is 118 Å². The molecule has 0 aromatic heterocycles. The van der Waals surface area contributed by atoms with E-state index in [1.54, 1.807) is 68.4 Å². The Kier molecular flexibility index (Phi) is 7.11. The molecule has 3 aromatic carbocycles. The van der Waals surface area contributed by atoms with E-state index in [4.69, 9.17) is 4.74 Å². The predicted octanol–water partition coefficient (Wildman–Crippen LogP) is 3.79. The maximum atomic E-state index is 13.9.